The molecule has 5 rings (SSSR count). The largest absolute Gasteiger partial charge is 0.496 e. The van der Waals surface area contributed by atoms with Crippen molar-refractivity contribution in [3.05, 3.63) is 65.4 Å². The molecule has 2 saturated carbocycles. The Hall–Kier alpha value is -3.85. The molecule has 0 bridgehead atoms. The number of aryl methyl sites for hydroxylation is 1. The van der Waals surface area contributed by atoms with Crippen LogP contribution in [0.1, 0.15) is 115 Å². The Morgan fingerprint density at radius 2 is 1.64 bits per heavy atom. The van der Waals surface area contributed by atoms with E-state index >= 15 is 0 Å². The lowest BCUT2D eigenvalue weighted by Crippen LogP contribution is -2.33. The molecule has 9 heteroatoms. The average Bonchev–Trinajstić information content (AvgIpc) is 3.16. The number of hydrogen-bond donors (Lipinski definition) is 2. The fraction of sp³-hybridized carbons (Fsp3) is 0.585. The summed E-state index contributed by atoms with van der Waals surface area (Å²) in [5, 5.41) is 2.41. The highest BCUT2D eigenvalue weighted by Gasteiger charge is 2.25. The molecule has 2 aromatic carbocycles. The Morgan fingerprint density at radius 3 is 2.22 bits per heavy atom. The van der Waals surface area contributed by atoms with Gasteiger partial charge in [-0.25, -0.2) is 4.79 Å². The first-order valence-electron chi connectivity index (χ1n) is 18.6. The summed E-state index contributed by atoms with van der Waals surface area (Å²) in [4.78, 5) is 29.6. The minimum Gasteiger partial charge on any atom is -0.496 e. The maximum Gasteiger partial charge on any atom is 0.407 e. The molecular weight excluding hydrogens is 628 g/mol. The standard InChI is InChI=1S/C20H29N3O.C14H20O.C7H13NO3.H2/c1-15(2)22-14-18(13-21)17-10-7-11-19(12-17)23(3)20(24)16-8-5-4-6-9-16;1-11-10-13(8-9-14(11)15-2)12-6-4-3-5-7-12;1-8-7(9)11-6-2-4-10-5-3-6;/h7,10-16H,4-6,8-9,21H2,1-3H3;8-10,12H,3-7H2,1-2H3;6H,2-5H2,1H3,(H,8,9);1H/b18-13+,22-14?;;;. The molecule has 1 saturated heterocycles. The zero-order valence-electron chi connectivity index (χ0n) is 31.4. The second-order valence-corrected chi connectivity index (χ2v) is 13.8. The zero-order chi connectivity index (χ0) is 36.3. The summed E-state index contributed by atoms with van der Waals surface area (Å²) in [5.41, 5.74) is 11.3. The van der Waals surface area contributed by atoms with Crippen molar-refractivity contribution in [1.82, 2.24) is 5.32 Å². The number of methoxy groups -OCH3 is 1. The SMILES string of the molecule is CC(C)N=C/C(=C\N)c1cccc(N(C)C(=O)C2CCCCC2)c1.CNC(=O)OC1CCOCC1.COc1ccc(C2CCCCC2)cc1C.[HH]. The number of nitrogens with zero attached hydrogens (tertiary/aromatic N) is 2. The van der Waals surface area contributed by atoms with Gasteiger partial charge in [-0.15, -0.1) is 0 Å². The Morgan fingerprint density at radius 1 is 0.980 bits per heavy atom. The molecule has 0 atom stereocenters. The predicted molar refractivity (Wildman–Crippen MR) is 207 cm³/mol. The van der Waals surface area contributed by atoms with Gasteiger partial charge in [0.25, 0.3) is 0 Å². The first-order chi connectivity index (χ1) is 24.2. The lowest BCUT2D eigenvalue weighted by molar-refractivity contribution is -0.123. The van der Waals surface area contributed by atoms with E-state index < -0.39 is 0 Å². The summed E-state index contributed by atoms with van der Waals surface area (Å²) in [7, 11) is 5.16. The number of rotatable bonds is 8. The van der Waals surface area contributed by atoms with Crippen molar-refractivity contribution in [3.8, 4) is 5.75 Å². The van der Waals surface area contributed by atoms with Gasteiger partial charge in [-0.1, -0.05) is 62.8 Å². The van der Waals surface area contributed by atoms with Crippen LogP contribution in [0.4, 0.5) is 10.5 Å². The van der Waals surface area contributed by atoms with Gasteiger partial charge in [-0.05, 0) is 87.3 Å². The lowest BCUT2D eigenvalue weighted by atomic mass is 9.83. The highest BCUT2D eigenvalue weighted by molar-refractivity contribution is 6.10. The van der Waals surface area contributed by atoms with Gasteiger partial charge in [0.1, 0.15) is 11.9 Å². The van der Waals surface area contributed by atoms with E-state index in [4.69, 9.17) is 19.9 Å². The van der Waals surface area contributed by atoms with E-state index in [9.17, 15) is 9.59 Å². The van der Waals surface area contributed by atoms with Crippen molar-refractivity contribution in [3.63, 3.8) is 0 Å². The van der Waals surface area contributed by atoms with E-state index in [0.29, 0.717) is 13.2 Å². The van der Waals surface area contributed by atoms with Crippen molar-refractivity contribution >= 4 is 29.5 Å². The van der Waals surface area contributed by atoms with Crippen molar-refractivity contribution in [2.75, 3.05) is 39.3 Å². The van der Waals surface area contributed by atoms with Crippen molar-refractivity contribution in [2.45, 2.75) is 116 Å². The molecule has 3 aliphatic rings. The third-order valence-corrected chi connectivity index (χ3v) is 9.68. The second-order valence-electron chi connectivity index (χ2n) is 13.8. The van der Waals surface area contributed by atoms with Crippen LogP contribution in [-0.4, -0.2) is 64.8 Å². The van der Waals surface area contributed by atoms with Crippen LogP contribution in [0.15, 0.2) is 53.7 Å². The molecule has 9 nitrogen and oxygen atoms in total. The number of hydrogen-bond acceptors (Lipinski definition) is 7. The van der Waals surface area contributed by atoms with Gasteiger partial charge in [0.05, 0.1) is 20.3 Å². The maximum atomic E-state index is 12.7. The third kappa shape index (κ3) is 13.5. The number of amides is 2. The van der Waals surface area contributed by atoms with Gasteiger partial charge in [0.2, 0.25) is 5.91 Å². The highest BCUT2D eigenvalue weighted by atomic mass is 16.6. The number of nitrogens with one attached hydrogen (secondary N) is 1. The monoisotopic (exact) mass is 692 g/mol. The maximum absolute atomic E-state index is 12.7. The summed E-state index contributed by atoms with van der Waals surface area (Å²) >= 11 is 0. The van der Waals surface area contributed by atoms with E-state index in [1.807, 2.05) is 45.2 Å². The van der Waals surface area contributed by atoms with Gasteiger partial charge in [-0.3, -0.25) is 9.79 Å². The molecule has 3 fully saturated rings. The number of alkyl carbamates (subject to hydrolysis) is 1. The summed E-state index contributed by atoms with van der Waals surface area (Å²) in [6, 6.07) is 14.8. The van der Waals surface area contributed by atoms with E-state index in [1.165, 1.54) is 49.7 Å². The Labute approximate surface area is 302 Å². The number of carbonyl (C=O) groups excluding carboxylic acids is 2. The summed E-state index contributed by atoms with van der Waals surface area (Å²) < 4.78 is 15.4. The topological polar surface area (TPSA) is 115 Å². The number of benzene rings is 2. The van der Waals surface area contributed by atoms with Crippen LogP contribution in [0.25, 0.3) is 5.57 Å². The number of ether oxygens (including phenoxy) is 3. The molecule has 2 amide bonds. The van der Waals surface area contributed by atoms with E-state index in [-0.39, 0.29) is 31.5 Å². The first kappa shape index (κ1) is 40.6. The molecule has 50 heavy (non-hydrogen) atoms. The Kier molecular flexibility index (Phi) is 17.9. The molecule has 0 spiro atoms. The zero-order valence-corrected chi connectivity index (χ0v) is 31.4. The average molecular weight is 693 g/mol. The van der Waals surface area contributed by atoms with Crippen molar-refractivity contribution < 1.29 is 25.2 Å². The number of nitrogens with two attached hydrogens (primary N) is 1. The Bertz CT molecular complexity index is 1380. The molecule has 0 aromatic heterocycles. The van der Waals surface area contributed by atoms with Crippen LogP contribution in [0, 0.1) is 12.8 Å². The quantitative estimate of drug-likeness (QED) is 0.267. The molecule has 278 valence electrons. The Balaban J connectivity index is 0.000000285. The minimum absolute atomic E-state index is 0. The highest BCUT2D eigenvalue weighted by Crippen LogP contribution is 2.34. The summed E-state index contributed by atoms with van der Waals surface area (Å²) in [6.07, 6.45) is 17.2. The molecule has 1 aliphatic heterocycles. The number of allylic oxidation sites excluding steroid dienone is 1. The molecular formula is C41H64N4O5. The number of anilines is 1. The number of carbonyl (C=O) groups is 2. The van der Waals surface area contributed by atoms with Crippen LogP contribution in [0.5, 0.6) is 5.75 Å². The fourth-order valence-electron chi connectivity index (χ4n) is 6.68. The summed E-state index contributed by atoms with van der Waals surface area (Å²) in [6.45, 7) is 7.57. The van der Waals surface area contributed by atoms with E-state index in [1.54, 1.807) is 31.5 Å². The first-order valence-corrected chi connectivity index (χ1v) is 18.6. The number of aliphatic imine (C=N–C) groups is 1. The lowest BCUT2D eigenvalue weighted by Gasteiger charge is -2.26. The molecule has 2 aromatic rings. The van der Waals surface area contributed by atoms with Crippen molar-refractivity contribution in [2.24, 2.45) is 16.6 Å². The van der Waals surface area contributed by atoms with Gasteiger partial charge < -0.3 is 30.2 Å². The van der Waals surface area contributed by atoms with E-state index in [0.717, 1.165) is 67.0 Å². The van der Waals surface area contributed by atoms with Gasteiger partial charge in [-0.2, -0.15) is 0 Å². The smallest absolute Gasteiger partial charge is 0.407 e. The summed E-state index contributed by atoms with van der Waals surface area (Å²) in [5.74, 6) is 2.19. The minimum atomic E-state index is -0.350. The normalized spacial score (nSPS) is 17.6. The third-order valence-electron chi connectivity index (χ3n) is 9.68. The van der Waals surface area contributed by atoms with Gasteiger partial charge >= 0.3 is 6.09 Å². The van der Waals surface area contributed by atoms with Crippen molar-refractivity contribution in [1.29, 1.82) is 0 Å². The van der Waals surface area contributed by atoms with Gasteiger partial charge in [0.15, 0.2) is 0 Å². The fourth-order valence-corrected chi connectivity index (χ4v) is 6.68. The molecule has 3 N–H and O–H groups in total. The van der Waals surface area contributed by atoms with Crippen LogP contribution >= 0.6 is 0 Å². The van der Waals surface area contributed by atoms with Crippen LogP contribution < -0.4 is 20.7 Å². The molecule has 1 heterocycles. The van der Waals surface area contributed by atoms with Crippen LogP contribution in [0.3, 0.4) is 0 Å². The van der Waals surface area contributed by atoms with Crippen LogP contribution in [-0.2, 0) is 14.3 Å². The second kappa shape index (κ2) is 22.1. The van der Waals surface area contributed by atoms with Gasteiger partial charge in [0, 0.05) is 64.0 Å². The molecule has 2 aliphatic carbocycles. The molecule has 0 unspecified atom stereocenters. The molecule has 0 radical (unpaired) electrons. The van der Waals surface area contributed by atoms with Crippen LogP contribution in [0.2, 0.25) is 0 Å². The predicted octanol–water partition coefficient (Wildman–Crippen LogP) is 8.83. The van der Waals surface area contributed by atoms with E-state index in [2.05, 4.69) is 35.4 Å².